The number of carbonyl (C=O) groups is 1. The molecule has 2 saturated heterocycles. The molecular formula is C18H28N4O. The van der Waals surface area contributed by atoms with Crippen molar-refractivity contribution in [1.82, 2.24) is 20.1 Å². The van der Waals surface area contributed by atoms with E-state index < -0.39 is 0 Å². The highest BCUT2D eigenvalue weighted by Gasteiger charge is 2.36. The molecule has 0 spiro atoms. The van der Waals surface area contributed by atoms with Crippen LogP contribution < -0.4 is 5.32 Å². The summed E-state index contributed by atoms with van der Waals surface area (Å²) >= 11 is 0. The van der Waals surface area contributed by atoms with Gasteiger partial charge in [0.05, 0.1) is 5.69 Å². The Morgan fingerprint density at radius 2 is 2.22 bits per heavy atom. The van der Waals surface area contributed by atoms with E-state index in [9.17, 15) is 4.79 Å². The molecule has 23 heavy (non-hydrogen) atoms. The van der Waals surface area contributed by atoms with E-state index in [0.29, 0.717) is 12.0 Å². The molecule has 3 atom stereocenters. The largest absolute Gasteiger partial charge is 0.341 e. The molecule has 0 aliphatic carbocycles. The topological polar surface area (TPSA) is 48.5 Å². The van der Waals surface area contributed by atoms with Crippen molar-refractivity contribution < 1.29 is 4.79 Å². The van der Waals surface area contributed by atoms with Gasteiger partial charge in [0.1, 0.15) is 6.04 Å². The van der Waals surface area contributed by atoms with E-state index in [4.69, 9.17) is 0 Å². The van der Waals surface area contributed by atoms with Gasteiger partial charge in [0, 0.05) is 45.0 Å². The Balaban J connectivity index is 1.86. The third-order valence-corrected chi connectivity index (χ3v) is 5.05. The zero-order chi connectivity index (χ0) is 16.2. The van der Waals surface area contributed by atoms with Crippen LogP contribution in [0.5, 0.6) is 0 Å². The Labute approximate surface area is 139 Å². The number of amides is 1. The molecule has 126 valence electrons. The van der Waals surface area contributed by atoms with Gasteiger partial charge in [-0.25, -0.2) is 0 Å². The molecule has 5 heteroatoms. The quantitative estimate of drug-likeness (QED) is 0.922. The van der Waals surface area contributed by atoms with Crippen molar-refractivity contribution in [2.45, 2.75) is 38.8 Å². The van der Waals surface area contributed by atoms with E-state index in [1.54, 1.807) is 6.20 Å². The first-order chi connectivity index (χ1) is 11.2. The van der Waals surface area contributed by atoms with E-state index in [2.05, 4.69) is 33.9 Å². The van der Waals surface area contributed by atoms with Gasteiger partial charge in [0.15, 0.2) is 0 Å². The van der Waals surface area contributed by atoms with Crippen molar-refractivity contribution in [3.63, 3.8) is 0 Å². The molecule has 0 aromatic carbocycles. The average molecular weight is 316 g/mol. The summed E-state index contributed by atoms with van der Waals surface area (Å²) in [6, 6.07) is 5.97. The fourth-order valence-electron chi connectivity index (χ4n) is 3.78. The normalized spacial score (nSPS) is 27.7. The summed E-state index contributed by atoms with van der Waals surface area (Å²) in [5, 5.41) is 3.41. The highest BCUT2D eigenvalue weighted by molar-refractivity contribution is 5.83. The summed E-state index contributed by atoms with van der Waals surface area (Å²) in [7, 11) is 0. The monoisotopic (exact) mass is 316 g/mol. The van der Waals surface area contributed by atoms with Crippen LogP contribution in [-0.4, -0.2) is 59.5 Å². The number of aromatic nitrogens is 1. The minimum atomic E-state index is -0.251. The predicted octanol–water partition coefficient (Wildman–Crippen LogP) is 1.67. The van der Waals surface area contributed by atoms with Gasteiger partial charge < -0.3 is 10.2 Å². The highest BCUT2D eigenvalue weighted by Crippen LogP contribution is 2.27. The van der Waals surface area contributed by atoms with Gasteiger partial charge in [0.2, 0.25) is 5.91 Å². The van der Waals surface area contributed by atoms with E-state index in [1.807, 2.05) is 18.2 Å². The van der Waals surface area contributed by atoms with Gasteiger partial charge in [-0.2, -0.15) is 0 Å². The number of nitrogens with one attached hydrogen (secondary N) is 1. The minimum absolute atomic E-state index is 0.226. The molecule has 5 nitrogen and oxygen atoms in total. The fraction of sp³-hybridized carbons (Fsp3) is 0.667. The SMILES string of the molecule is CC1CCCN(C(=O)C(c2ccccn2)N2CCNCC2C)C1. The van der Waals surface area contributed by atoms with Crippen LogP contribution in [0.15, 0.2) is 24.4 Å². The molecule has 3 heterocycles. The van der Waals surface area contributed by atoms with Crippen molar-refractivity contribution >= 4 is 5.91 Å². The number of pyridine rings is 1. The van der Waals surface area contributed by atoms with E-state index >= 15 is 0 Å². The standard InChI is InChI=1S/C18H28N4O/c1-14-6-5-10-21(13-14)18(23)17(16-7-3-4-8-20-16)22-11-9-19-12-15(22)2/h3-4,7-8,14-15,17,19H,5-6,9-13H2,1-2H3. The maximum atomic E-state index is 13.3. The highest BCUT2D eigenvalue weighted by atomic mass is 16.2. The van der Waals surface area contributed by atoms with Gasteiger partial charge in [-0.05, 0) is 37.8 Å². The maximum Gasteiger partial charge on any atom is 0.246 e. The first-order valence-corrected chi connectivity index (χ1v) is 8.83. The molecule has 0 bridgehead atoms. The second-order valence-corrected chi connectivity index (χ2v) is 6.98. The lowest BCUT2D eigenvalue weighted by Gasteiger charge is -2.42. The zero-order valence-corrected chi connectivity index (χ0v) is 14.2. The summed E-state index contributed by atoms with van der Waals surface area (Å²) in [6.45, 7) is 8.92. The molecular weight excluding hydrogens is 288 g/mol. The summed E-state index contributed by atoms with van der Waals surface area (Å²) < 4.78 is 0. The zero-order valence-electron chi connectivity index (χ0n) is 14.2. The summed E-state index contributed by atoms with van der Waals surface area (Å²) in [6.07, 6.45) is 4.13. The van der Waals surface area contributed by atoms with Crippen LogP contribution in [0, 0.1) is 5.92 Å². The molecule has 1 amide bonds. The lowest BCUT2D eigenvalue weighted by molar-refractivity contribution is -0.140. The van der Waals surface area contributed by atoms with Crippen LogP contribution in [0.1, 0.15) is 38.4 Å². The molecule has 2 fully saturated rings. The van der Waals surface area contributed by atoms with Gasteiger partial charge >= 0.3 is 0 Å². The molecule has 0 saturated carbocycles. The summed E-state index contributed by atoms with van der Waals surface area (Å²) in [4.78, 5) is 22.2. The molecule has 1 aromatic rings. The number of rotatable bonds is 3. The van der Waals surface area contributed by atoms with E-state index in [1.165, 1.54) is 6.42 Å². The Hall–Kier alpha value is -1.46. The third-order valence-electron chi connectivity index (χ3n) is 5.05. The predicted molar refractivity (Wildman–Crippen MR) is 91.0 cm³/mol. The molecule has 1 N–H and O–H groups in total. The van der Waals surface area contributed by atoms with Gasteiger partial charge in [-0.3, -0.25) is 14.7 Å². The molecule has 2 aliphatic rings. The van der Waals surface area contributed by atoms with Crippen molar-refractivity contribution in [1.29, 1.82) is 0 Å². The Kier molecular flexibility index (Phi) is 5.28. The summed E-state index contributed by atoms with van der Waals surface area (Å²) in [5.74, 6) is 0.821. The first-order valence-electron chi connectivity index (χ1n) is 8.83. The van der Waals surface area contributed by atoms with Gasteiger partial charge in [-0.1, -0.05) is 13.0 Å². The molecule has 0 radical (unpaired) electrons. The van der Waals surface area contributed by atoms with Gasteiger partial charge in [0.25, 0.3) is 0 Å². The van der Waals surface area contributed by atoms with Crippen LogP contribution in [-0.2, 0) is 4.79 Å². The first kappa shape index (κ1) is 16.4. The van der Waals surface area contributed by atoms with E-state index in [0.717, 1.165) is 44.8 Å². The van der Waals surface area contributed by atoms with Gasteiger partial charge in [-0.15, -0.1) is 0 Å². The number of piperazine rings is 1. The van der Waals surface area contributed by atoms with Crippen molar-refractivity contribution in [2.24, 2.45) is 5.92 Å². The molecule has 3 rings (SSSR count). The minimum Gasteiger partial charge on any atom is -0.341 e. The molecule has 1 aromatic heterocycles. The summed E-state index contributed by atoms with van der Waals surface area (Å²) in [5.41, 5.74) is 0.879. The van der Waals surface area contributed by atoms with E-state index in [-0.39, 0.29) is 11.9 Å². The van der Waals surface area contributed by atoms with Crippen LogP contribution in [0.3, 0.4) is 0 Å². The maximum absolute atomic E-state index is 13.3. The number of hydrogen-bond donors (Lipinski definition) is 1. The third kappa shape index (κ3) is 3.72. The van der Waals surface area contributed by atoms with Crippen LogP contribution in [0.2, 0.25) is 0 Å². The lowest BCUT2D eigenvalue weighted by Crippen LogP contribution is -2.55. The number of carbonyl (C=O) groups excluding carboxylic acids is 1. The Morgan fingerprint density at radius 1 is 1.35 bits per heavy atom. The Morgan fingerprint density at radius 3 is 2.91 bits per heavy atom. The number of likely N-dealkylation sites (tertiary alicyclic amines) is 1. The smallest absolute Gasteiger partial charge is 0.246 e. The fourth-order valence-corrected chi connectivity index (χ4v) is 3.78. The number of hydrogen-bond acceptors (Lipinski definition) is 4. The average Bonchev–Trinajstić information content (AvgIpc) is 2.58. The number of piperidine rings is 1. The Bertz CT molecular complexity index is 521. The molecule has 2 aliphatic heterocycles. The lowest BCUT2D eigenvalue weighted by atomic mass is 9.98. The molecule has 3 unspecified atom stereocenters. The van der Waals surface area contributed by atoms with Crippen molar-refractivity contribution in [3.05, 3.63) is 30.1 Å². The van der Waals surface area contributed by atoms with Crippen LogP contribution in [0.4, 0.5) is 0 Å². The van der Waals surface area contributed by atoms with Crippen LogP contribution >= 0.6 is 0 Å². The van der Waals surface area contributed by atoms with Crippen LogP contribution in [0.25, 0.3) is 0 Å². The van der Waals surface area contributed by atoms with Crippen molar-refractivity contribution in [2.75, 3.05) is 32.7 Å². The number of nitrogens with zero attached hydrogens (tertiary/aromatic N) is 3. The second-order valence-electron chi connectivity index (χ2n) is 6.98. The second kappa shape index (κ2) is 7.41. The van der Waals surface area contributed by atoms with Crippen molar-refractivity contribution in [3.8, 4) is 0 Å².